The number of aliphatic hydroxyl groups is 2. The molecule has 1 aliphatic heterocycles. The van der Waals surface area contributed by atoms with Gasteiger partial charge >= 0.3 is 5.97 Å². The molecule has 1 fully saturated rings. The highest BCUT2D eigenvalue weighted by Gasteiger charge is 2.45. The molecule has 1 heterocycles. The fraction of sp³-hybridized carbons (Fsp3) is 0.320. The molecular weight excluding hydrogens is 442 g/mol. The zero-order valence-electron chi connectivity index (χ0n) is 19.0. The Balaban J connectivity index is 2.04. The van der Waals surface area contributed by atoms with E-state index in [0.717, 1.165) is 0 Å². The van der Waals surface area contributed by atoms with E-state index in [9.17, 15) is 19.5 Å². The van der Waals surface area contributed by atoms with Gasteiger partial charge in [0.25, 0.3) is 11.7 Å². The largest absolute Gasteiger partial charge is 0.507 e. The van der Waals surface area contributed by atoms with Gasteiger partial charge < -0.3 is 29.3 Å². The van der Waals surface area contributed by atoms with Gasteiger partial charge in [-0.2, -0.15) is 0 Å². The van der Waals surface area contributed by atoms with Gasteiger partial charge in [0.2, 0.25) is 0 Å². The number of aliphatic hydroxyl groups excluding tert-OH is 2. The summed E-state index contributed by atoms with van der Waals surface area (Å²) in [5, 5.41) is 20.0. The highest BCUT2D eigenvalue weighted by Crippen LogP contribution is 2.39. The van der Waals surface area contributed by atoms with Crippen molar-refractivity contribution in [1.29, 1.82) is 0 Å². The highest BCUT2D eigenvalue weighted by atomic mass is 16.5. The fourth-order valence-corrected chi connectivity index (χ4v) is 3.74. The van der Waals surface area contributed by atoms with Crippen molar-refractivity contribution < 1.29 is 38.8 Å². The minimum atomic E-state index is -0.893. The molecule has 2 aromatic rings. The summed E-state index contributed by atoms with van der Waals surface area (Å²) in [6.45, 7) is 2.41. The van der Waals surface area contributed by atoms with Gasteiger partial charge in [0.05, 0.1) is 50.7 Å². The Hall–Kier alpha value is -3.69. The quantitative estimate of drug-likeness (QED) is 0.179. The van der Waals surface area contributed by atoms with Gasteiger partial charge in [0, 0.05) is 12.1 Å². The summed E-state index contributed by atoms with van der Waals surface area (Å²) in [4.78, 5) is 39.0. The molecule has 1 amide bonds. The van der Waals surface area contributed by atoms with E-state index in [1.165, 1.54) is 24.1 Å². The van der Waals surface area contributed by atoms with Crippen LogP contribution in [0.1, 0.15) is 34.5 Å². The van der Waals surface area contributed by atoms with Crippen molar-refractivity contribution in [3.63, 3.8) is 0 Å². The monoisotopic (exact) mass is 469 g/mol. The second-order valence-corrected chi connectivity index (χ2v) is 7.40. The number of amides is 1. The molecule has 3 rings (SSSR count). The van der Waals surface area contributed by atoms with E-state index >= 15 is 0 Å². The lowest BCUT2D eigenvalue weighted by molar-refractivity contribution is -0.140. The second-order valence-electron chi connectivity index (χ2n) is 7.40. The molecule has 9 nitrogen and oxygen atoms in total. The molecule has 0 aliphatic carbocycles. The van der Waals surface area contributed by atoms with Gasteiger partial charge in [-0.15, -0.1) is 0 Å². The third kappa shape index (κ3) is 5.27. The summed E-state index contributed by atoms with van der Waals surface area (Å²) < 4.78 is 15.4. The van der Waals surface area contributed by atoms with Crippen LogP contribution in [0.5, 0.6) is 5.75 Å². The molecule has 9 heteroatoms. The Kier molecular flexibility index (Phi) is 8.39. The second kappa shape index (κ2) is 11.4. The van der Waals surface area contributed by atoms with Crippen LogP contribution in [-0.4, -0.2) is 72.9 Å². The number of methoxy groups -OCH3 is 1. The summed E-state index contributed by atoms with van der Waals surface area (Å²) in [6, 6.07) is 11.9. The number of benzene rings is 2. The maximum Gasteiger partial charge on any atom is 0.337 e. The number of ether oxygens (including phenoxy) is 3. The number of nitrogens with zero attached hydrogens (tertiary/aromatic N) is 1. The van der Waals surface area contributed by atoms with Crippen molar-refractivity contribution in [1.82, 2.24) is 4.90 Å². The van der Waals surface area contributed by atoms with E-state index in [4.69, 9.17) is 19.3 Å². The van der Waals surface area contributed by atoms with E-state index in [2.05, 4.69) is 0 Å². The van der Waals surface area contributed by atoms with Crippen LogP contribution in [0.4, 0.5) is 0 Å². The molecule has 2 aromatic carbocycles. The summed E-state index contributed by atoms with van der Waals surface area (Å²) >= 11 is 0. The molecule has 180 valence electrons. The van der Waals surface area contributed by atoms with Gasteiger partial charge in [0.1, 0.15) is 11.5 Å². The predicted octanol–water partition coefficient (Wildman–Crippen LogP) is 2.30. The lowest BCUT2D eigenvalue weighted by atomic mass is 9.94. The first kappa shape index (κ1) is 24.9. The number of Topliss-reactive ketones (excluding diaryl/α,β-unsaturated/α-hetero) is 1. The molecular formula is C25H27NO8. The van der Waals surface area contributed by atoms with Crippen molar-refractivity contribution in [2.45, 2.75) is 13.0 Å². The smallest absolute Gasteiger partial charge is 0.337 e. The zero-order chi connectivity index (χ0) is 24.7. The molecule has 0 aromatic heterocycles. The number of rotatable bonds is 10. The number of carbonyl (C=O) groups excluding carboxylic acids is 3. The van der Waals surface area contributed by atoms with Gasteiger partial charge in [-0.3, -0.25) is 9.59 Å². The normalized spacial score (nSPS) is 17.1. The zero-order valence-corrected chi connectivity index (χ0v) is 19.0. The number of hydrogen-bond acceptors (Lipinski definition) is 8. The van der Waals surface area contributed by atoms with Crippen molar-refractivity contribution in [2.75, 3.05) is 40.1 Å². The van der Waals surface area contributed by atoms with Crippen LogP contribution >= 0.6 is 0 Å². The van der Waals surface area contributed by atoms with Crippen molar-refractivity contribution in [3.8, 4) is 5.75 Å². The van der Waals surface area contributed by atoms with Crippen LogP contribution < -0.4 is 4.74 Å². The maximum atomic E-state index is 13.0. The molecule has 1 unspecified atom stereocenters. The molecule has 0 radical (unpaired) electrons. The first-order valence-electron chi connectivity index (χ1n) is 10.8. The number of carbonyl (C=O) groups is 3. The average molecular weight is 469 g/mol. The molecule has 0 bridgehead atoms. The SMILES string of the molecule is CCOc1ccc(C(O)=C2C(=O)C(=O)N(CCOCCO)C2c2ccc(C(=O)OC)cc2)cc1. The summed E-state index contributed by atoms with van der Waals surface area (Å²) in [5.74, 6) is -1.83. The van der Waals surface area contributed by atoms with E-state index < -0.39 is 23.7 Å². The van der Waals surface area contributed by atoms with Gasteiger partial charge in [0.15, 0.2) is 0 Å². The topological polar surface area (TPSA) is 123 Å². The van der Waals surface area contributed by atoms with Gasteiger partial charge in [-0.25, -0.2) is 4.79 Å². The van der Waals surface area contributed by atoms with Crippen LogP contribution in [-0.2, 0) is 19.1 Å². The molecule has 1 atom stereocenters. The van der Waals surface area contributed by atoms with Crippen molar-refractivity contribution in [3.05, 3.63) is 70.8 Å². The maximum absolute atomic E-state index is 13.0. The molecule has 2 N–H and O–H groups in total. The van der Waals surface area contributed by atoms with Crippen LogP contribution in [0.2, 0.25) is 0 Å². The molecule has 0 saturated carbocycles. The first-order chi connectivity index (χ1) is 16.4. The molecule has 34 heavy (non-hydrogen) atoms. The predicted molar refractivity (Wildman–Crippen MR) is 122 cm³/mol. The minimum Gasteiger partial charge on any atom is -0.507 e. The van der Waals surface area contributed by atoms with E-state index in [1.54, 1.807) is 36.4 Å². The van der Waals surface area contributed by atoms with E-state index in [0.29, 0.717) is 29.0 Å². The Morgan fingerprint density at radius 1 is 1.00 bits per heavy atom. The van der Waals surface area contributed by atoms with Crippen molar-refractivity contribution >= 4 is 23.4 Å². The van der Waals surface area contributed by atoms with Crippen LogP contribution in [0, 0.1) is 0 Å². The van der Waals surface area contributed by atoms with Gasteiger partial charge in [-0.05, 0) is 48.9 Å². The van der Waals surface area contributed by atoms with Gasteiger partial charge in [-0.1, -0.05) is 12.1 Å². The number of ketones is 1. The number of esters is 1. The Labute approximate surface area is 197 Å². The number of likely N-dealkylation sites (tertiary alicyclic amines) is 1. The fourth-order valence-electron chi connectivity index (χ4n) is 3.74. The molecule has 0 spiro atoms. The average Bonchev–Trinajstić information content (AvgIpc) is 3.11. The first-order valence-corrected chi connectivity index (χ1v) is 10.8. The molecule has 1 aliphatic rings. The van der Waals surface area contributed by atoms with Crippen LogP contribution in [0.25, 0.3) is 5.76 Å². The minimum absolute atomic E-state index is 0.0635. The Bertz CT molecular complexity index is 1060. The van der Waals surface area contributed by atoms with E-state index in [-0.39, 0.29) is 37.7 Å². The standard InChI is InChI=1S/C25H27NO8/c1-3-34-19-10-8-17(9-11-19)22(28)20-21(16-4-6-18(7-5-16)25(31)32-2)26(24(30)23(20)29)12-14-33-15-13-27/h4-11,21,27-28H,3,12-15H2,1-2H3. The Morgan fingerprint density at radius 2 is 1.65 bits per heavy atom. The highest BCUT2D eigenvalue weighted by molar-refractivity contribution is 6.46. The summed E-state index contributed by atoms with van der Waals surface area (Å²) in [5.41, 5.74) is 1.12. The van der Waals surface area contributed by atoms with E-state index in [1.807, 2.05) is 6.92 Å². The van der Waals surface area contributed by atoms with Crippen LogP contribution in [0.3, 0.4) is 0 Å². The third-order valence-electron chi connectivity index (χ3n) is 5.34. The van der Waals surface area contributed by atoms with Crippen LogP contribution in [0.15, 0.2) is 54.1 Å². The summed E-state index contributed by atoms with van der Waals surface area (Å²) in [6.07, 6.45) is 0. The summed E-state index contributed by atoms with van der Waals surface area (Å²) in [7, 11) is 1.27. The molecule has 1 saturated heterocycles. The van der Waals surface area contributed by atoms with Crippen molar-refractivity contribution in [2.24, 2.45) is 0 Å². The Morgan fingerprint density at radius 3 is 2.24 bits per heavy atom. The lowest BCUT2D eigenvalue weighted by Crippen LogP contribution is -2.33. The number of hydrogen-bond donors (Lipinski definition) is 2. The third-order valence-corrected chi connectivity index (χ3v) is 5.34. The lowest BCUT2D eigenvalue weighted by Gasteiger charge is -2.25.